The van der Waals surface area contributed by atoms with E-state index in [-0.39, 0.29) is 18.2 Å². The summed E-state index contributed by atoms with van der Waals surface area (Å²) in [5, 5.41) is 12.1. The molecule has 1 atom stereocenters. The van der Waals surface area contributed by atoms with E-state index in [0.717, 1.165) is 0 Å². The molecule has 0 aliphatic carbocycles. The normalized spacial score (nSPS) is 15.0. The highest BCUT2D eigenvalue weighted by Gasteiger charge is 2.15. The van der Waals surface area contributed by atoms with Crippen LogP contribution in [0.4, 0.5) is 0 Å². The van der Waals surface area contributed by atoms with Crippen molar-refractivity contribution in [3.05, 3.63) is 0 Å². The van der Waals surface area contributed by atoms with Gasteiger partial charge in [0.25, 0.3) is 0 Å². The number of methoxy groups -OCH3 is 1. The zero-order valence-corrected chi connectivity index (χ0v) is 7.85. The van der Waals surface area contributed by atoms with Gasteiger partial charge in [-0.15, -0.1) is 0 Å². The molecule has 0 aliphatic rings. The Bertz CT molecular complexity index is 98.8. The van der Waals surface area contributed by atoms with E-state index in [4.69, 9.17) is 9.84 Å². The average molecular weight is 161 g/mol. The summed E-state index contributed by atoms with van der Waals surface area (Å²) in [7, 11) is 1.63. The first kappa shape index (κ1) is 10.9. The van der Waals surface area contributed by atoms with Crippen LogP contribution in [0.2, 0.25) is 0 Å². The van der Waals surface area contributed by atoms with Crippen molar-refractivity contribution in [1.82, 2.24) is 5.32 Å². The van der Waals surface area contributed by atoms with Crippen molar-refractivity contribution in [1.29, 1.82) is 0 Å². The molecule has 0 fully saturated rings. The van der Waals surface area contributed by atoms with Crippen LogP contribution in [-0.4, -0.2) is 37.0 Å². The summed E-state index contributed by atoms with van der Waals surface area (Å²) in [6.45, 7) is 6.85. The van der Waals surface area contributed by atoms with Crippen molar-refractivity contribution < 1.29 is 9.84 Å². The van der Waals surface area contributed by atoms with Gasteiger partial charge < -0.3 is 15.2 Å². The summed E-state index contributed by atoms with van der Waals surface area (Å²) in [5.41, 5.74) is 0.0337. The second kappa shape index (κ2) is 4.70. The Balaban J connectivity index is 3.68. The van der Waals surface area contributed by atoms with Crippen molar-refractivity contribution in [2.45, 2.75) is 32.4 Å². The fraction of sp³-hybridized carbons (Fsp3) is 1.00. The Hall–Kier alpha value is -0.120. The lowest BCUT2D eigenvalue weighted by molar-refractivity contribution is 0.114. The summed E-state index contributed by atoms with van der Waals surface area (Å²) in [6, 6.07) is 0.0417. The van der Waals surface area contributed by atoms with E-state index in [9.17, 15) is 0 Å². The zero-order chi connectivity index (χ0) is 8.91. The maximum absolute atomic E-state index is 8.88. The van der Waals surface area contributed by atoms with Gasteiger partial charge >= 0.3 is 0 Å². The highest BCUT2D eigenvalue weighted by molar-refractivity contribution is 4.76. The number of ether oxygens (including phenoxy) is 1. The monoisotopic (exact) mass is 161 g/mol. The SMILES string of the molecule is COC[C@H](CO)NC(C)(C)C. The molecule has 0 spiro atoms. The Kier molecular flexibility index (Phi) is 4.65. The minimum atomic E-state index is 0.0337. The van der Waals surface area contributed by atoms with Gasteiger partial charge in [0.1, 0.15) is 0 Å². The first-order valence-corrected chi connectivity index (χ1v) is 3.87. The number of aliphatic hydroxyl groups is 1. The Morgan fingerprint density at radius 2 is 2.00 bits per heavy atom. The molecule has 0 radical (unpaired) electrons. The van der Waals surface area contributed by atoms with E-state index in [2.05, 4.69) is 26.1 Å². The summed E-state index contributed by atoms with van der Waals surface area (Å²) in [5.74, 6) is 0. The fourth-order valence-electron chi connectivity index (χ4n) is 0.954. The second-order valence-corrected chi connectivity index (χ2v) is 3.73. The largest absolute Gasteiger partial charge is 0.395 e. The first-order valence-electron chi connectivity index (χ1n) is 3.87. The minimum absolute atomic E-state index is 0.0337. The molecule has 68 valence electrons. The fourth-order valence-corrected chi connectivity index (χ4v) is 0.954. The number of rotatable bonds is 4. The Morgan fingerprint density at radius 1 is 1.45 bits per heavy atom. The van der Waals surface area contributed by atoms with E-state index >= 15 is 0 Å². The summed E-state index contributed by atoms with van der Waals surface area (Å²) in [4.78, 5) is 0. The summed E-state index contributed by atoms with van der Waals surface area (Å²) >= 11 is 0. The van der Waals surface area contributed by atoms with Crippen LogP contribution in [0.15, 0.2) is 0 Å². The lowest BCUT2D eigenvalue weighted by Crippen LogP contribution is -2.47. The van der Waals surface area contributed by atoms with Gasteiger partial charge in [-0.25, -0.2) is 0 Å². The van der Waals surface area contributed by atoms with Gasteiger partial charge in [0.2, 0.25) is 0 Å². The molecule has 0 aliphatic heterocycles. The van der Waals surface area contributed by atoms with Gasteiger partial charge in [0.05, 0.1) is 19.3 Å². The first-order chi connectivity index (χ1) is 4.99. The van der Waals surface area contributed by atoms with Crippen LogP contribution < -0.4 is 5.32 Å². The smallest absolute Gasteiger partial charge is 0.0638 e. The van der Waals surface area contributed by atoms with Crippen LogP contribution in [0, 0.1) is 0 Å². The molecule has 0 bridgehead atoms. The van der Waals surface area contributed by atoms with Gasteiger partial charge in [-0.1, -0.05) is 0 Å². The molecule has 0 heterocycles. The number of aliphatic hydroxyl groups excluding tert-OH is 1. The highest BCUT2D eigenvalue weighted by atomic mass is 16.5. The minimum Gasteiger partial charge on any atom is -0.395 e. The van der Waals surface area contributed by atoms with E-state index in [1.54, 1.807) is 7.11 Å². The van der Waals surface area contributed by atoms with Crippen molar-refractivity contribution in [2.75, 3.05) is 20.3 Å². The molecule has 2 N–H and O–H groups in total. The molecular weight excluding hydrogens is 142 g/mol. The van der Waals surface area contributed by atoms with Crippen LogP contribution in [0.3, 0.4) is 0 Å². The molecule has 11 heavy (non-hydrogen) atoms. The molecule has 0 rings (SSSR count). The number of hydrogen-bond acceptors (Lipinski definition) is 3. The summed E-state index contributed by atoms with van der Waals surface area (Å²) < 4.78 is 4.92. The van der Waals surface area contributed by atoms with Crippen LogP contribution in [0.1, 0.15) is 20.8 Å². The standard InChI is InChI=1S/C8H19NO2/c1-8(2,3)9-7(5-10)6-11-4/h7,9-10H,5-6H2,1-4H3/t7-/m0/s1. The van der Waals surface area contributed by atoms with E-state index in [1.807, 2.05) is 0 Å². The molecule has 0 saturated carbocycles. The molecular formula is C8H19NO2. The van der Waals surface area contributed by atoms with Crippen molar-refractivity contribution in [3.63, 3.8) is 0 Å². The van der Waals surface area contributed by atoms with E-state index in [1.165, 1.54) is 0 Å². The van der Waals surface area contributed by atoms with E-state index < -0.39 is 0 Å². The third-order valence-corrected chi connectivity index (χ3v) is 1.23. The predicted molar refractivity (Wildman–Crippen MR) is 45.6 cm³/mol. The maximum Gasteiger partial charge on any atom is 0.0638 e. The third kappa shape index (κ3) is 6.28. The Labute approximate surface area is 68.8 Å². The molecule has 0 aromatic heterocycles. The predicted octanol–water partition coefficient (Wildman–Crippen LogP) is 0.382. The van der Waals surface area contributed by atoms with E-state index in [0.29, 0.717) is 6.61 Å². The topological polar surface area (TPSA) is 41.5 Å². The molecule has 0 unspecified atom stereocenters. The highest BCUT2D eigenvalue weighted by Crippen LogP contribution is 2.00. The molecule has 0 saturated heterocycles. The van der Waals surface area contributed by atoms with Gasteiger partial charge in [-0.2, -0.15) is 0 Å². The lowest BCUT2D eigenvalue weighted by atomic mass is 10.1. The molecule has 3 heteroatoms. The van der Waals surface area contributed by atoms with Gasteiger partial charge in [0, 0.05) is 12.6 Å². The molecule has 0 aromatic rings. The summed E-state index contributed by atoms with van der Waals surface area (Å²) in [6.07, 6.45) is 0. The lowest BCUT2D eigenvalue weighted by Gasteiger charge is -2.26. The quantitative estimate of drug-likeness (QED) is 0.626. The Morgan fingerprint density at radius 3 is 2.27 bits per heavy atom. The van der Waals surface area contributed by atoms with Gasteiger partial charge in [-0.05, 0) is 20.8 Å². The molecule has 3 nitrogen and oxygen atoms in total. The maximum atomic E-state index is 8.88. The number of nitrogens with one attached hydrogen (secondary N) is 1. The number of hydrogen-bond donors (Lipinski definition) is 2. The van der Waals surface area contributed by atoms with Crippen LogP contribution >= 0.6 is 0 Å². The van der Waals surface area contributed by atoms with Crippen LogP contribution in [-0.2, 0) is 4.74 Å². The second-order valence-electron chi connectivity index (χ2n) is 3.73. The molecule has 0 aromatic carbocycles. The third-order valence-electron chi connectivity index (χ3n) is 1.23. The zero-order valence-electron chi connectivity index (χ0n) is 7.85. The molecule has 0 amide bonds. The van der Waals surface area contributed by atoms with Crippen molar-refractivity contribution in [3.8, 4) is 0 Å². The van der Waals surface area contributed by atoms with Crippen LogP contribution in [0.25, 0.3) is 0 Å². The van der Waals surface area contributed by atoms with Gasteiger partial charge in [-0.3, -0.25) is 0 Å². The van der Waals surface area contributed by atoms with Crippen LogP contribution in [0.5, 0.6) is 0 Å². The average Bonchev–Trinajstić information content (AvgIpc) is 1.84. The van der Waals surface area contributed by atoms with Gasteiger partial charge in [0.15, 0.2) is 0 Å². The van der Waals surface area contributed by atoms with Crippen molar-refractivity contribution in [2.24, 2.45) is 0 Å². The van der Waals surface area contributed by atoms with Crippen molar-refractivity contribution >= 4 is 0 Å².